The van der Waals surface area contributed by atoms with Gasteiger partial charge in [0.2, 0.25) is 0 Å². The molecule has 0 aliphatic heterocycles. The minimum atomic E-state index is 0.321. The van der Waals surface area contributed by atoms with Gasteiger partial charge in [0.1, 0.15) is 0 Å². The molecule has 0 saturated carbocycles. The van der Waals surface area contributed by atoms with Crippen molar-refractivity contribution in [3.05, 3.63) is 65.2 Å². The zero-order valence-corrected chi connectivity index (χ0v) is 14.0. The molecule has 0 saturated heterocycles. The van der Waals surface area contributed by atoms with Crippen LogP contribution in [0.2, 0.25) is 5.02 Å². The highest BCUT2D eigenvalue weighted by molar-refractivity contribution is 7.99. The maximum absolute atomic E-state index is 5.93. The fourth-order valence-corrected chi connectivity index (χ4v) is 3.29. The average molecular weight is 330 g/mol. The quantitative estimate of drug-likeness (QED) is 0.632. The second-order valence-corrected chi connectivity index (χ2v) is 6.79. The zero-order valence-electron chi connectivity index (χ0n) is 12.4. The first kappa shape index (κ1) is 15.1. The van der Waals surface area contributed by atoms with Gasteiger partial charge in [0, 0.05) is 22.9 Å². The molecule has 0 N–H and O–H groups in total. The molecule has 1 atom stereocenters. The molecule has 2 aromatic carbocycles. The fourth-order valence-electron chi connectivity index (χ4n) is 2.22. The molecule has 0 fully saturated rings. The predicted molar refractivity (Wildman–Crippen MR) is 92.2 cm³/mol. The summed E-state index contributed by atoms with van der Waals surface area (Å²) in [5.41, 5.74) is 2.29. The minimum Gasteiger partial charge on any atom is -0.305 e. The summed E-state index contributed by atoms with van der Waals surface area (Å²) in [5, 5.41) is 10.6. The molecule has 0 bridgehead atoms. The van der Waals surface area contributed by atoms with E-state index in [0.717, 1.165) is 21.6 Å². The van der Waals surface area contributed by atoms with Crippen molar-refractivity contribution in [1.29, 1.82) is 0 Å². The predicted octanol–water partition coefficient (Wildman–Crippen LogP) is 4.99. The lowest BCUT2D eigenvalue weighted by Gasteiger charge is -2.11. The molecule has 1 aromatic heterocycles. The van der Waals surface area contributed by atoms with Crippen LogP contribution in [0.4, 0.5) is 0 Å². The van der Waals surface area contributed by atoms with Crippen LogP contribution >= 0.6 is 23.4 Å². The molecule has 0 spiro atoms. The third-order valence-corrected chi connectivity index (χ3v) is 4.93. The highest BCUT2D eigenvalue weighted by atomic mass is 35.5. The van der Waals surface area contributed by atoms with Crippen molar-refractivity contribution in [2.45, 2.75) is 17.3 Å². The molecule has 0 aliphatic rings. The van der Waals surface area contributed by atoms with Gasteiger partial charge in [0.05, 0.1) is 0 Å². The summed E-state index contributed by atoms with van der Waals surface area (Å²) in [6.07, 6.45) is 0. The number of benzene rings is 2. The first-order chi connectivity index (χ1) is 10.6. The van der Waals surface area contributed by atoms with E-state index in [-0.39, 0.29) is 0 Å². The Balaban J connectivity index is 1.83. The van der Waals surface area contributed by atoms with Gasteiger partial charge >= 0.3 is 0 Å². The summed E-state index contributed by atoms with van der Waals surface area (Å²) in [6, 6.07) is 18.1. The summed E-state index contributed by atoms with van der Waals surface area (Å²) in [7, 11) is 1.99. The van der Waals surface area contributed by atoms with Crippen molar-refractivity contribution in [3.63, 3.8) is 0 Å². The van der Waals surface area contributed by atoms with Gasteiger partial charge in [0.25, 0.3) is 0 Å². The number of hydrogen-bond acceptors (Lipinski definition) is 3. The van der Waals surface area contributed by atoms with E-state index in [1.807, 2.05) is 41.9 Å². The minimum absolute atomic E-state index is 0.321. The van der Waals surface area contributed by atoms with Crippen LogP contribution < -0.4 is 0 Å². The van der Waals surface area contributed by atoms with Crippen LogP contribution in [-0.2, 0) is 7.05 Å². The number of thioether (sulfide) groups is 1. The van der Waals surface area contributed by atoms with Crippen molar-refractivity contribution in [2.24, 2.45) is 7.05 Å². The Bertz CT molecular complexity index is 753. The second-order valence-electron chi connectivity index (χ2n) is 5.04. The van der Waals surface area contributed by atoms with Gasteiger partial charge in [-0.05, 0) is 36.8 Å². The van der Waals surface area contributed by atoms with Crippen molar-refractivity contribution >= 4 is 23.4 Å². The molecule has 0 amide bonds. The molecule has 3 rings (SSSR count). The van der Waals surface area contributed by atoms with Crippen molar-refractivity contribution < 1.29 is 0 Å². The van der Waals surface area contributed by atoms with Gasteiger partial charge in [-0.2, -0.15) is 0 Å². The smallest absolute Gasteiger partial charge is 0.191 e. The Hall–Kier alpha value is -1.78. The van der Waals surface area contributed by atoms with Gasteiger partial charge in [0.15, 0.2) is 11.0 Å². The van der Waals surface area contributed by atoms with Gasteiger partial charge in [-0.25, -0.2) is 0 Å². The highest BCUT2D eigenvalue weighted by Crippen LogP contribution is 2.34. The molecule has 1 unspecified atom stereocenters. The first-order valence-electron chi connectivity index (χ1n) is 7.02. The van der Waals surface area contributed by atoms with E-state index < -0.39 is 0 Å². The lowest BCUT2D eigenvalue weighted by atomic mass is 10.2. The monoisotopic (exact) mass is 329 g/mol. The van der Waals surface area contributed by atoms with Gasteiger partial charge in [-0.15, -0.1) is 10.2 Å². The number of aromatic nitrogens is 3. The number of halogens is 1. The Morgan fingerprint density at radius 3 is 2.36 bits per heavy atom. The van der Waals surface area contributed by atoms with E-state index in [9.17, 15) is 0 Å². The molecule has 0 radical (unpaired) electrons. The third kappa shape index (κ3) is 3.18. The Morgan fingerprint density at radius 1 is 1.00 bits per heavy atom. The fraction of sp³-hybridized carbons (Fsp3) is 0.176. The third-order valence-electron chi connectivity index (χ3n) is 3.49. The highest BCUT2D eigenvalue weighted by Gasteiger charge is 2.15. The normalized spacial score (nSPS) is 12.3. The molecule has 22 heavy (non-hydrogen) atoms. The van der Waals surface area contributed by atoms with Gasteiger partial charge < -0.3 is 4.57 Å². The summed E-state index contributed by atoms with van der Waals surface area (Å²) in [6.45, 7) is 2.18. The molecular weight excluding hydrogens is 314 g/mol. The molecule has 1 heterocycles. The number of rotatable bonds is 4. The van der Waals surface area contributed by atoms with E-state index in [0.29, 0.717) is 5.25 Å². The van der Waals surface area contributed by atoms with Crippen LogP contribution in [0, 0.1) is 0 Å². The van der Waals surface area contributed by atoms with Crippen molar-refractivity contribution in [1.82, 2.24) is 14.8 Å². The van der Waals surface area contributed by atoms with Gasteiger partial charge in [-0.1, -0.05) is 53.7 Å². The van der Waals surface area contributed by atoms with E-state index in [2.05, 4.69) is 41.4 Å². The molecule has 0 aliphatic carbocycles. The Morgan fingerprint density at radius 2 is 1.68 bits per heavy atom. The van der Waals surface area contributed by atoms with E-state index in [4.69, 9.17) is 11.6 Å². The van der Waals surface area contributed by atoms with E-state index >= 15 is 0 Å². The van der Waals surface area contributed by atoms with E-state index in [1.54, 1.807) is 11.8 Å². The lowest BCUT2D eigenvalue weighted by molar-refractivity contribution is 0.790. The topological polar surface area (TPSA) is 30.7 Å². The largest absolute Gasteiger partial charge is 0.305 e. The number of nitrogens with zero attached hydrogens (tertiary/aromatic N) is 3. The average Bonchev–Trinajstić information content (AvgIpc) is 2.90. The maximum Gasteiger partial charge on any atom is 0.191 e. The van der Waals surface area contributed by atoms with Crippen LogP contribution in [0.25, 0.3) is 11.4 Å². The van der Waals surface area contributed by atoms with Crippen molar-refractivity contribution in [3.8, 4) is 11.4 Å². The molecule has 112 valence electrons. The molecule has 5 heteroatoms. The first-order valence-corrected chi connectivity index (χ1v) is 8.28. The van der Waals surface area contributed by atoms with Crippen molar-refractivity contribution in [2.75, 3.05) is 0 Å². The lowest BCUT2D eigenvalue weighted by Crippen LogP contribution is -1.96. The maximum atomic E-state index is 5.93. The zero-order chi connectivity index (χ0) is 15.5. The Kier molecular flexibility index (Phi) is 4.50. The summed E-state index contributed by atoms with van der Waals surface area (Å²) < 4.78 is 2.02. The standard InChI is InChI=1S/C17H16ClN3S/c1-12(13-6-4-3-5-7-13)22-17-20-19-16(21(17)2)14-8-10-15(18)11-9-14/h3-12H,1-2H3. The van der Waals surface area contributed by atoms with Gasteiger partial charge in [-0.3, -0.25) is 0 Å². The number of hydrogen-bond donors (Lipinski definition) is 0. The van der Waals surface area contributed by atoms with Crippen LogP contribution in [0.1, 0.15) is 17.7 Å². The molecule has 3 aromatic rings. The summed E-state index contributed by atoms with van der Waals surface area (Å²) >= 11 is 7.64. The van der Waals surface area contributed by atoms with Crippen LogP contribution in [0.3, 0.4) is 0 Å². The van der Waals surface area contributed by atoms with Crippen LogP contribution in [0.5, 0.6) is 0 Å². The van der Waals surface area contributed by atoms with Crippen LogP contribution in [0.15, 0.2) is 59.8 Å². The summed E-state index contributed by atoms with van der Waals surface area (Å²) in [4.78, 5) is 0. The Labute approximate surface area is 139 Å². The SMILES string of the molecule is CC(Sc1nnc(-c2ccc(Cl)cc2)n1C)c1ccccc1. The molecular formula is C17H16ClN3S. The molecule has 3 nitrogen and oxygen atoms in total. The summed E-state index contributed by atoms with van der Waals surface area (Å²) in [5.74, 6) is 0.847. The van der Waals surface area contributed by atoms with E-state index in [1.165, 1.54) is 5.56 Å². The second kappa shape index (κ2) is 6.55. The van der Waals surface area contributed by atoms with Crippen LogP contribution in [-0.4, -0.2) is 14.8 Å².